The molecule has 0 bridgehead atoms. The highest BCUT2D eigenvalue weighted by Crippen LogP contribution is 2.29. The second-order valence-corrected chi connectivity index (χ2v) is 8.95. The third-order valence-electron chi connectivity index (χ3n) is 3.09. The lowest BCUT2D eigenvalue weighted by atomic mass is 10.5. The van der Waals surface area contributed by atoms with Crippen LogP contribution in [0.25, 0.3) is 5.52 Å². The first-order valence-corrected chi connectivity index (χ1v) is 10.0. The summed E-state index contributed by atoms with van der Waals surface area (Å²) in [4.78, 5) is 3.67. The van der Waals surface area contributed by atoms with Gasteiger partial charge in [0.1, 0.15) is 9.79 Å². The molecule has 0 fully saturated rings. The number of rotatable bonds is 6. The first-order valence-electron chi connectivity index (χ1n) is 6.73. The fourth-order valence-corrected chi connectivity index (χ4v) is 6.01. The molecule has 0 atom stereocenters. The van der Waals surface area contributed by atoms with E-state index in [1.54, 1.807) is 20.0 Å². The summed E-state index contributed by atoms with van der Waals surface area (Å²) in [6.07, 6.45) is 6.63. The van der Waals surface area contributed by atoms with Gasteiger partial charge in [-0.05, 0) is 12.8 Å². The Morgan fingerprint density at radius 1 is 1.05 bits per heavy atom. The summed E-state index contributed by atoms with van der Waals surface area (Å²) in [7, 11) is -7.30. The van der Waals surface area contributed by atoms with Crippen molar-refractivity contribution < 1.29 is 16.8 Å². The van der Waals surface area contributed by atoms with E-state index >= 15 is 0 Å². The molecule has 0 aromatic carbocycles. The Morgan fingerprint density at radius 3 is 2.29 bits per heavy atom. The molecule has 8 heteroatoms. The lowest BCUT2D eigenvalue weighted by Gasteiger charge is -2.06. The average Bonchev–Trinajstić information content (AvgIpc) is 2.79. The molecule has 2 aromatic heterocycles. The molecule has 0 saturated heterocycles. The standard InChI is InChI=1S/C13H18N2O4S2/c1-3-7-20(16,17)12-10-15-6-5-14-9-11(15)13(12)21(18,19)8-4-2/h5-6,9-10H,3-4,7-8H2,1-2H3. The quantitative estimate of drug-likeness (QED) is 0.805. The highest BCUT2D eigenvalue weighted by Gasteiger charge is 2.30. The smallest absolute Gasteiger partial charge is 0.181 e. The van der Waals surface area contributed by atoms with Crippen molar-refractivity contribution in [1.29, 1.82) is 0 Å². The van der Waals surface area contributed by atoms with Gasteiger partial charge in [0.2, 0.25) is 0 Å². The Hall–Kier alpha value is -1.41. The van der Waals surface area contributed by atoms with E-state index in [9.17, 15) is 16.8 Å². The van der Waals surface area contributed by atoms with Gasteiger partial charge in [0.25, 0.3) is 0 Å². The summed E-state index contributed by atoms with van der Waals surface area (Å²) in [6.45, 7) is 3.49. The summed E-state index contributed by atoms with van der Waals surface area (Å²) in [5, 5.41) is 0. The van der Waals surface area contributed by atoms with E-state index in [-0.39, 0.29) is 21.3 Å². The maximum absolute atomic E-state index is 12.5. The predicted molar refractivity (Wildman–Crippen MR) is 79.9 cm³/mol. The van der Waals surface area contributed by atoms with Gasteiger partial charge in [0.05, 0.1) is 23.2 Å². The van der Waals surface area contributed by atoms with Crippen molar-refractivity contribution in [2.75, 3.05) is 11.5 Å². The van der Waals surface area contributed by atoms with E-state index in [0.717, 1.165) is 0 Å². The van der Waals surface area contributed by atoms with Crippen molar-refractivity contribution in [3.8, 4) is 0 Å². The minimum absolute atomic E-state index is 0.0774. The van der Waals surface area contributed by atoms with Crippen molar-refractivity contribution in [2.45, 2.75) is 36.5 Å². The Bertz CT molecular complexity index is 851. The van der Waals surface area contributed by atoms with E-state index in [1.165, 1.54) is 23.0 Å². The SMILES string of the molecule is CCCS(=O)(=O)c1cn2ccncc2c1S(=O)(=O)CCC. The van der Waals surface area contributed by atoms with E-state index in [1.807, 2.05) is 0 Å². The summed E-state index contributed by atoms with van der Waals surface area (Å²) in [5.41, 5.74) is 0.306. The maximum atomic E-state index is 12.5. The molecule has 0 spiro atoms. The molecule has 0 amide bonds. The fraction of sp³-hybridized carbons (Fsp3) is 0.462. The van der Waals surface area contributed by atoms with Gasteiger partial charge in [0, 0.05) is 18.6 Å². The van der Waals surface area contributed by atoms with E-state index < -0.39 is 19.7 Å². The number of nitrogens with zero attached hydrogens (tertiary/aromatic N) is 2. The first-order chi connectivity index (χ1) is 9.83. The second kappa shape index (κ2) is 5.76. The van der Waals surface area contributed by atoms with Crippen molar-refractivity contribution in [1.82, 2.24) is 9.38 Å². The molecule has 21 heavy (non-hydrogen) atoms. The number of sulfone groups is 2. The van der Waals surface area contributed by atoms with Gasteiger partial charge in [-0.15, -0.1) is 0 Å². The van der Waals surface area contributed by atoms with Gasteiger partial charge in [-0.25, -0.2) is 16.8 Å². The molecule has 0 aliphatic carbocycles. The molecule has 2 rings (SSSR count). The van der Waals surface area contributed by atoms with Gasteiger partial charge >= 0.3 is 0 Å². The Balaban J connectivity index is 2.83. The van der Waals surface area contributed by atoms with Crippen LogP contribution in [0.3, 0.4) is 0 Å². The summed E-state index contributed by atoms with van der Waals surface area (Å²) < 4.78 is 51.2. The number of aromatic nitrogens is 2. The predicted octanol–water partition coefficient (Wildman–Crippen LogP) is 1.70. The van der Waals surface area contributed by atoms with Crippen molar-refractivity contribution in [3.05, 3.63) is 24.8 Å². The van der Waals surface area contributed by atoms with Gasteiger partial charge in [0.15, 0.2) is 19.7 Å². The monoisotopic (exact) mass is 330 g/mol. The molecule has 2 heterocycles. The molecule has 2 aromatic rings. The second-order valence-electron chi connectivity index (χ2n) is 4.83. The van der Waals surface area contributed by atoms with Crippen LogP contribution in [0.5, 0.6) is 0 Å². The van der Waals surface area contributed by atoms with Crippen molar-refractivity contribution in [2.24, 2.45) is 0 Å². The van der Waals surface area contributed by atoms with Crippen LogP contribution in [0.4, 0.5) is 0 Å². The molecule has 6 nitrogen and oxygen atoms in total. The molecular formula is C13H18N2O4S2. The van der Waals surface area contributed by atoms with Crippen LogP contribution < -0.4 is 0 Å². The van der Waals surface area contributed by atoms with Crippen molar-refractivity contribution in [3.63, 3.8) is 0 Å². The van der Waals surface area contributed by atoms with Crippen molar-refractivity contribution >= 4 is 25.2 Å². The molecule has 0 unspecified atom stereocenters. The fourth-order valence-electron chi connectivity index (χ4n) is 2.25. The average molecular weight is 330 g/mol. The highest BCUT2D eigenvalue weighted by molar-refractivity contribution is 7.94. The Labute approximate surface area is 124 Å². The van der Waals surface area contributed by atoms with Crippen LogP contribution in [0.15, 0.2) is 34.6 Å². The first kappa shape index (κ1) is 16.0. The third kappa shape index (κ3) is 2.96. The normalized spacial score (nSPS) is 12.9. The summed E-state index contributed by atoms with van der Waals surface area (Å²) >= 11 is 0. The highest BCUT2D eigenvalue weighted by atomic mass is 32.2. The molecule has 0 radical (unpaired) electrons. The zero-order valence-electron chi connectivity index (χ0n) is 12.0. The summed E-state index contributed by atoms with van der Waals surface area (Å²) in [5.74, 6) is -0.165. The van der Waals surface area contributed by atoms with Crippen LogP contribution in [0.2, 0.25) is 0 Å². The molecular weight excluding hydrogens is 312 g/mol. The van der Waals surface area contributed by atoms with Gasteiger partial charge < -0.3 is 4.40 Å². The van der Waals surface area contributed by atoms with Crippen LogP contribution in [0.1, 0.15) is 26.7 Å². The summed E-state index contributed by atoms with van der Waals surface area (Å²) in [6, 6.07) is 0. The molecule has 0 aliphatic rings. The minimum atomic E-state index is -3.67. The van der Waals surface area contributed by atoms with Gasteiger partial charge in [-0.1, -0.05) is 13.8 Å². The maximum Gasteiger partial charge on any atom is 0.181 e. The van der Waals surface area contributed by atoms with E-state index in [4.69, 9.17) is 0 Å². The van der Waals surface area contributed by atoms with Crippen LogP contribution >= 0.6 is 0 Å². The Morgan fingerprint density at radius 2 is 1.67 bits per heavy atom. The van der Waals surface area contributed by atoms with Crippen LogP contribution in [0, 0.1) is 0 Å². The zero-order valence-corrected chi connectivity index (χ0v) is 13.6. The molecule has 0 saturated carbocycles. The number of fused-ring (bicyclic) bond motifs is 1. The molecule has 116 valence electrons. The van der Waals surface area contributed by atoms with Gasteiger partial charge in [-0.3, -0.25) is 4.98 Å². The lowest BCUT2D eigenvalue weighted by molar-refractivity contribution is 0.583. The Kier molecular flexibility index (Phi) is 4.38. The van der Waals surface area contributed by atoms with E-state index in [0.29, 0.717) is 18.4 Å². The lowest BCUT2D eigenvalue weighted by Crippen LogP contribution is -2.13. The van der Waals surface area contributed by atoms with Crippen LogP contribution in [-0.4, -0.2) is 37.7 Å². The largest absolute Gasteiger partial charge is 0.318 e. The number of hydrogen-bond acceptors (Lipinski definition) is 5. The molecule has 0 aliphatic heterocycles. The third-order valence-corrected chi connectivity index (χ3v) is 7.14. The molecule has 0 N–H and O–H groups in total. The number of hydrogen-bond donors (Lipinski definition) is 0. The van der Waals surface area contributed by atoms with Gasteiger partial charge in [-0.2, -0.15) is 0 Å². The topological polar surface area (TPSA) is 85.6 Å². The van der Waals surface area contributed by atoms with Crippen LogP contribution in [-0.2, 0) is 19.7 Å². The zero-order chi connectivity index (χ0) is 15.7. The minimum Gasteiger partial charge on any atom is -0.318 e. The van der Waals surface area contributed by atoms with E-state index in [2.05, 4.69) is 4.98 Å².